The summed E-state index contributed by atoms with van der Waals surface area (Å²) in [7, 11) is 3.20. The number of ether oxygens (including phenoxy) is 2. The molecule has 2 aliphatic heterocycles. The molecule has 10 heteroatoms. The van der Waals surface area contributed by atoms with Crippen molar-refractivity contribution < 1.29 is 14.3 Å². The lowest BCUT2D eigenvalue weighted by Gasteiger charge is -2.34. The lowest BCUT2D eigenvalue weighted by Crippen LogP contribution is -2.39. The number of nitrogens with one attached hydrogen (secondary N) is 4. The van der Waals surface area contributed by atoms with E-state index in [4.69, 9.17) is 21.1 Å². The van der Waals surface area contributed by atoms with Gasteiger partial charge in [-0.15, -0.1) is 0 Å². The van der Waals surface area contributed by atoms with Gasteiger partial charge in [0.1, 0.15) is 10.8 Å². The summed E-state index contributed by atoms with van der Waals surface area (Å²) in [6, 6.07) is 6.49. The quantitative estimate of drug-likeness (QED) is 0.528. The Morgan fingerprint density at radius 1 is 1.21 bits per heavy atom. The fourth-order valence-electron chi connectivity index (χ4n) is 6.21. The van der Waals surface area contributed by atoms with Crippen LogP contribution in [0.25, 0.3) is 0 Å². The maximum absolute atomic E-state index is 13.0. The second-order valence-electron chi connectivity index (χ2n) is 9.46. The maximum atomic E-state index is 13.0. The third kappa shape index (κ3) is 3.25. The molecule has 6 atom stereocenters. The van der Waals surface area contributed by atoms with E-state index in [1.54, 1.807) is 13.3 Å². The van der Waals surface area contributed by atoms with Crippen LogP contribution < -0.4 is 31.0 Å². The van der Waals surface area contributed by atoms with E-state index in [9.17, 15) is 4.79 Å². The third-order valence-corrected chi connectivity index (χ3v) is 8.21. The molecule has 4 aliphatic rings. The second kappa shape index (κ2) is 7.72. The SMILES string of the molecule is COc1ccc2c(c1)[C@]1(C[C@H]1C1CCC3C(C1)NNC3Nc1nc(OC)ncc1Cl)C(=O)N2. The molecular formula is C23H27ClN6O3. The average molecular weight is 471 g/mol. The predicted octanol–water partition coefficient (Wildman–Crippen LogP) is 2.69. The van der Waals surface area contributed by atoms with Gasteiger partial charge in [-0.05, 0) is 61.3 Å². The summed E-state index contributed by atoms with van der Waals surface area (Å²) in [5.41, 5.74) is 8.48. The molecule has 33 heavy (non-hydrogen) atoms. The molecule has 1 spiro atoms. The lowest BCUT2D eigenvalue weighted by atomic mass is 9.74. The fourth-order valence-corrected chi connectivity index (χ4v) is 6.36. The number of fused-ring (bicyclic) bond motifs is 3. The van der Waals surface area contributed by atoms with Gasteiger partial charge in [0, 0.05) is 17.6 Å². The van der Waals surface area contributed by atoms with E-state index in [0.717, 1.165) is 42.7 Å². The van der Waals surface area contributed by atoms with Crippen LogP contribution in [0.1, 0.15) is 31.2 Å². The highest BCUT2D eigenvalue weighted by atomic mass is 35.5. The van der Waals surface area contributed by atoms with Crippen LogP contribution in [0.3, 0.4) is 0 Å². The molecule has 6 rings (SSSR count). The van der Waals surface area contributed by atoms with Crippen molar-refractivity contribution in [2.75, 3.05) is 24.9 Å². The fraction of sp³-hybridized carbons (Fsp3) is 0.522. The summed E-state index contributed by atoms with van der Waals surface area (Å²) in [5.74, 6) is 2.74. The Hall–Kier alpha value is -2.62. The number of hydrogen-bond acceptors (Lipinski definition) is 8. The number of amides is 1. The van der Waals surface area contributed by atoms with Crippen molar-refractivity contribution in [2.24, 2.45) is 17.8 Å². The number of hydrogen-bond donors (Lipinski definition) is 4. The van der Waals surface area contributed by atoms with Gasteiger partial charge in [-0.2, -0.15) is 4.98 Å². The van der Waals surface area contributed by atoms with Gasteiger partial charge in [0.05, 0.1) is 32.0 Å². The van der Waals surface area contributed by atoms with E-state index in [-0.39, 0.29) is 18.1 Å². The lowest BCUT2D eigenvalue weighted by molar-refractivity contribution is -0.118. The van der Waals surface area contributed by atoms with Crippen LogP contribution in [0.15, 0.2) is 24.4 Å². The molecule has 2 saturated carbocycles. The minimum absolute atomic E-state index is 0.000913. The molecule has 1 amide bonds. The highest BCUT2D eigenvalue weighted by Gasteiger charge is 2.67. The van der Waals surface area contributed by atoms with E-state index in [0.29, 0.717) is 34.6 Å². The molecule has 1 aromatic heterocycles. The highest BCUT2D eigenvalue weighted by molar-refractivity contribution is 6.32. The zero-order valence-electron chi connectivity index (χ0n) is 18.5. The Kier molecular flexibility index (Phi) is 4.90. The van der Waals surface area contributed by atoms with Crippen LogP contribution in [0, 0.1) is 17.8 Å². The standard InChI is InChI=1S/C23H27ClN6O3/c1-32-12-4-6-17-14(8-12)23(21(31)26-17)9-15(23)11-3-5-13-18(7-11)29-30-19(13)27-20-16(24)10-25-22(28-20)33-2/h4,6,8,10-11,13,15,18-19,29-30H,3,5,7,9H2,1-2H3,(H,26,31)(H,25,27,28)/t11?,13?,15-,18?,19?,23-/m0/s1. The number of carbonyl (C=O) groups excluding carboxylic acids is 1. The van der Waals surface area contributed by atoms with E-state index < -0.39 is 5.41 Å². The number of carbonyl (C=O) groups is 1. The molecule has 4 N–H and O–H groups in total. The van der Waals surface area contributed by atoms with E-state index in [2.05, 4.69) is 31.5 Å². The summed E-state index contributed by atoms with van der Waals surface area (Å²) >= 11 is 6.29. The van der Waals surface area contributed by atoms with Crippen molar-refractivity contribution >= 4 is 29.0 Å². The summed E-state index contributed by atoms with van der Waals surface area (Å²) in [5, 5.41) is 6.96. The van der Waals surface area contributed by atoms with Crippen molar-refractivity contribution in [1.29, 1.82) is 0 Å². The zero-order chi connectivity index (χ0) is 22.7. The number of halogens is 1. The van der Waals surface area contributed by atoms with Crippen LogP contribution in [0.2, 0.25) is 5.02 Å². The number of nitrogens with zero attached hydrogens (tertiary/aromatic N) is 2. The smallest absolute Gasteiger partial charge is 0.318 e. The van der Waals surface area contributed by atoms with Crippen molar-refractivity contribution in [2.45, 2.75) is 43.3 Å². The largest absolute Gasteiger partial charge is 0.497 e. The van der Waals surface area contributed by atoms with Crippen LogP contribution in [0.5, 0.6) is 11.8 Å². The minimum Gasteiger partial charge on any atom is -0.497 e. The molecule has 4 unspecified atom stereocenters. The molecule has 2 aliphatic carbocycles. The number of aromatic nitrogens is 2. The summed E-state index contributed by atoms with van der Waals surface area (Å²) in [6.07, 6.45) is 5.61. The van der Waals surface area contributed by atoms with Gasteiger partial charge in [-0.1, -0.05) is 11.6 Å². The summed E-state index contributed by atoms with van der Waals surface area (Å²) < 4.78 is 10.6. The third-order valence-electron chi connectivity index (χ3n) is 7.94. The second-order valence-corrected chi connectivity index (χ2v) is 9.86. The Balaban J connectivity index is 1.15. The number of anilines is 2. The molecular weight excluding hydrogens is 444 g/mol. The first kappa shape index (κ1) is 20.9. The van der Waals surface area contributed by atoms with Crippen molar-refractivity contribution in [3.8, 4) is 11.8 Å². The summed E-state index contributed by atoms with van der Waals surface area (Å²) in [6.45, 7) is 0. The van der Waals surface area contributed by atoms with Gasteiger partial charge in [0.15, 0.2) is 5.82 Å². The van der Waals surface area contributed by atoms with E-state index in [1.165, 1.54) is 7.11 Å². The molecule has 174 valence electrons. The first-order chi connectivity index (χ1) is 16.0. The first-order valence-electron chi connectivity index (χ1n) is 11.4. The van der Waals surface area contributed by atoms with Crippen molar-refractivity contribution in [3.05, 3.63) is 35.0 Å². The Morgan fingerprint density at radius 2 is 2.09 bits per heavy atom. The molecule has 0 bridgehead atoms. The van der Waals surface area contributed by atoms with Crippen LogP contribution >= 0.6 is 11.6 Å². The van der Waals surface area contributed by atoms with Crippen LogP contribution in [-0.2, 0) is 10.2 Å². The molecule has 3 fully saturated rings. The van der Waals surface area contributed by atoms with Crippen molar-refractivity contribution in [1.82, 2.24) is 20.8 Å². The average Bonchev–Trinajstić information content (AvgIpc) is 3.38. The number of hydrazine groups is 1. The van der Waals surface area contributed by atoms with Gasteiger partial charge in [-0.25, -0.2) is 10.4 Å². The predicted molar refractivity (Wildman–Crippen MR) is 123 cm³/mol. The molecule has 1 aromatic carbocycles. The topological polar surface area (TPSA) is 109 Å². The molecule has 1 saturated heterocycles. The molecule has 2 aromatic rings. The number of methoxy groups -OCH3 is 2. The highest BCUT2D eigenvalue weighted by Crippen LogP contribution is 2.65. The van der Waals surface area contributed by atoms with Gasteiger partial charge in [0.2, 0.25) is 5.91 Å². The number of rotatable bonds is 5. The van der Waals surface area contributed by atoms with Crippen molar-refractivity contribution in [3.63, 3.8) is 0 Å². The summed E-state index contributed by atoms with van der Waals surface area (Å²) in [4.78, 5) is 21.4. The Labute approximate surface area is 197 Å². The molecule has 3 heterocycles. The van der Waals surface area contributed by atoms with Crippen LogP contribution in [0.4, 0.5) is 11.5 Å². The van der Waals surface area contributed by atoms with Gasteiger partial charge < -0.3 is 20.1 Å². The first-order valence-corrected chi connectivity index (χ1v) is 11.8. The maximum Gasteiger partial charge on any atom is 0.318 e. The normalized spacial score (nSPS) is 33.9. The monoisotopic (exact) mass is 470 g/mol. The van der Waals surface area contributed by atoms with E-state index >= 15 is 0 Å². The Bertz CT molecular complexity index is 1120. The number of benzene rings is 1. The van der Waals surface area contributed by atoms with Gasteiger partial charge >= 0.3 is 6.01 Å². The molecule has 9 nitrogen and oxygen atoms in total. The van der Waals surface area contributed by atoms with Gasteiger partial charge in [-0.3, -0.25) is 10.2 Å². The Morgan fingerprint density at radius 3 is 2.91 bits per heavy atom. The van der Waals surface area contributed by atoms with Crippen LogP contribution in [-0.4, -0.2) is 42.3 Å². The molecule has 0 radical (unpaired) electrons. The van der Waals surface area contributed by atoms with Gasteiger partial charge in [0.25, 0.3) is 0 Å². The zero-order valence-corrected chi connectivity index (χ0v) is 19.3. The van der Waals surface area contributed by atoms with E-state index in [1.807, 2.05) is 18.2 Å². The minimum atomic E-state index is -0.393.